The lowest BCUT2D eigenvalue weighted by Gasteiger charge is -2.23. The Morgan fingerprint density at radius 1 is 1.20 bits per heavy atom. The molecule has 0 aromatic rings. The lowest BCUT2D eigenvalue weighted by molar-refractivity contribution is 0.314. The summed E-state index contributed by atoms with van der Waals surface area (Å²) in [5.74, 6) is 0. The average molecular weight is 296 g/mol. The van der Waals surface area contributed by atoms with E-state index >= 15 is 0 Å². The van der Waals surface area contributed by atoms with Gasteiger partial charge in [-0.3, -0.25) is 0 Å². The van der Waals surface area contributed by atoms with Crippen LogP contribution in [0, 0.1) is 0 Å². The minimum Gasteiger partial charge on any atom is -0.418 e. The van der Waals surface area contributed by atoms with Gasteiger partial charge >= 0.3 is 0 Å². The molecule has 15 heavy (non-hydrogen) atoms. The van der Waals surface area contributed by atoms with Crippen molar-refractivity contribution in [1.29, 1.82) is 0 Å². The molecule has 0 aromatic carbocycles. The van der Waals surface area contributed by atoms with E-state index < -0.39 is 8.32 Å². The van der Waals surface area contributed by atoms with E-state index in [1.165, 1.54) is 32.0 Å². The fourth-order valence-electron chi connectivity index (χ4n) is 1.68. The van der Waals surface area contributed by atoms with Crippen molar-refractivity contribution < 1.29 is 4.43 Å². The topological polar surface area (TPSA) is 12.5 Å². The Morgan fingerprint density at radius 2 is 1.80 bits per heavy atom. The Kier molecular flexibility index (Phi) is 9.09. The Balaban J connectivity index is 3.51. The summed E-state index contributed by atoms with van der Waals surface area (Å²) in [5.41, 5.74) is 0. The minimum absolute atomic E-state index is 0.874. The number of rotatable bonds is 9. The monoisotopic (exact) mass is 295 g/mol. The van der Waals surface area contributed by atoms with Crippen molar-refractivity contribution in [2.75, 3.05) is 32.1 Å². The van der Waals surface area contributed by atoms with Crippen molar-refractivity contribution in [3.05, 3.63) is 0 Å². The lowest BCUT2D eigenvalue weighted by atomic mass is 10.4. The zero-order chi connectivity index (χ0) is 11.7. The van der Waals surface area contributed by atoms with Crippen molar-refractivity contribution in [1.82, 2.24) is 4.90 Å². The molecule has 0 aromatic heterocycles. The molecule has 4 heteroatoms. The van der Waals surface area contributed by atoms with Gasteiger partial charge in [-0.1, -0.05) is 15.9 Å². The number of halogens is 1. The number of nitrogens with zero attached hydrogens (tertiary/aromatic N) is 1. The van der Waals surface area contributed by atoms with Gasteiger partial charge in [0.05, 0.1) is 0 Å². The van der Waals surface area contributed by atoms with Crippen LogP contribution in [0.25, 0.3) is 0 Å². The largest absolute Gasteiger partial charge is 0.418 e. The van der Waals surface area contributed by atoms with Crippen molar-refractivity contribution >= 4 is 24.2 Å². The summed E-state index contributed by atoms with van der Waals surface area (Å²) in [5, 5.41) is 1.11. The highest BCUT2D eigenvalue weighted by Crippen LogP contribution is 2.13. The first kappa shape index (κ1) is 15.6. The molecular weight excluding hydrogens is 270 g/mol. The van der Waals surface area contributed by atoms with E-state index in [4.69, 9.17) is 4.43 Å². The molecule has 0 bridgehead atoms. The van der Waals surface area contributed by atoms with Crippen LogP contribution in [0.5, 0.6) is 0 Å². The predicted molar refractivity (Wildman–Crippen MR) is 74.4 cm³/mol. The van der Waals surface area contributed by atoms with Crippen LogP contribution in [-0.2, 0) is 4.43 Å². The quantitative estimate of drug-likeness (QED) is 0.478. The zero-order valence-corrected chi connectivity index (χ0v) is 13.3. The molecule has 0 N–H and O–H groups in total. The third kappa shape index (κ3) is 9.54. The Bertz CT molecular complexity index is 156. The number of hydrogen-bond donors (Lipinski definition) is 0. The van der Waals surface area contributed by atoms with Gasteiger partial charge in [0.1, 0.15) is 0 Å². The van der Waals surface area contributed by atoms with Crippen LogP contribution in [0.2, 0.25) is 19.1 Å². The highest BCUT2D eigenvalue weighted by Gasteiger charge is 2.20. The number of alkyl halides is 1. The summed E-state index contributed by atoms with van der Waals surface area (Å²) in [6, 6.07) is 1.28. The SMILES string of the molecule is CCO[Si](C)(C)CCCN(C)CCCBr. The van der Waals surface area contributed by atoms with Crippen LogP contribution in [0.15, 0.2) is 0 Å². The molecule has 0 rings (SSSR count). The fourth-order valence-corrected chi connectivity index (χ4v) is 3.87. The van der Waals surface area contributed by atoms with Crippen LogP contribution in [0.3, 0.4) is 0 Å². The van der Waals surface area contributed by atoms with Crippen LogP contribution in [-0.4, -0.2) is 45.3 Å². The first-order chi connectivity index (χ1) is 7.02. The third-order valence-electron chi connectivity index (χ3n) is 2.53. The van der Waals surface area contributed by atoms with Gasteiger partial charge in [0.25, 0.3) is 0 Å². The Morgan fingerprint density at radius 3 is 2.33 bits per heavy atom. The van der Waals surface area contributed by atoms with Crippen LogP contribution in [0.4, 0.5) is 0 Å². The van der Waals surface area contributed by atoms with Gasteiger partial charge < -0.3 is 9.33 Å². The second kappa shape index (κ2) is 8.73. The van der Waals surface area contributed by atoms with Crippen LogP contribution in [0.1, 0.15) is 19.8 Å². The summed E-state index contributed by atoms with van der Waals surface area (Å²) in [4.78, 5) is 2.41. The lowest BCUT2D eigenvalue weighted by Crippen LogP contribution is -2.31. The van der Waals surface area contributed by atoms with Gasteiger partial charge in [0.2, 0.25) is 0 Å². The normalized spacial score (nSPS) is 12.4. The van der Waals surface area contributed by atoms with E-state index in [-0.39, 0.29) is 0 Å². The standard InChI is InChI=1S/C11H26BrNOSi/c1-5-14-15(3,4)11-7-10-13(2)9-6-8-12/h5-11H2,1-4H3. The Hall–Kier alpha value is 0.617. The van der Waals surface area contributed by atoms with E-state index in [0.717, 1.165) is 11.9 Å². The smallest absolute Gasteiger partial charge is 0.186 e. The minimum atomic E-state index is -1.34. The first-order valence-electron chi connectivity index (χ1n) is 5.90. The third-order valence-corrected chi connectivity index (χ3v) is 5.72. The van der Waals surface area contributed by atoms with Crippen LogP contribution < -0.4 is 0 Å². The molecule has 0 radical (unpaired) electrons. The molecule has 0 saturated heterocycles. The molecule has 0 atom stereocenters. The Labute approximate surface area is 105 Å². The summed E-state index contributed by atoms with van der Waals surface area (Å²) < 4.78 is 5.81. The molecule has 0 unspecified atom stereocenters. The predicted octanol–water partition coefficient (Wildman–Crippen LogP) is 3.33. The van der Waals surface area contributed by atoms with Gasteiger partial charge in [0, 0.05) is 11.9 Å². The summed E-state index contributed by atoms with van der Waals surface area (Å²) in [7, 11) is 0.869. The van der Waals surface area contributed by atoms with E-state index in [9.17, 15) is 0 Å². The molecular formula is C11H26BrNOSi. The summed E-state index contributed by atoms with van der Waals surface area (Å²) >= 11 is 3.46. The van der Waals surface area contributed by atoms with E-state index in [1.807, 2.05) is 0 Å². The second-order valence-electron chi connectivity index (χ2n) is 4.64. The second-order valence-corrected chi connectivity index (χ2v) is 9.74. The highest BCUT2D eigenvalue weighted by atomic mass is 79.9. The van der Waals surface area contributed by atoms with Crippen LogP contribution >= 0.6 is 15.9 Å². The summed E-state index contributed by atoms with van der Waals surface area (Å²) in [6.07, 6.45) is 2.51. The van der Waals surface area contributed by atoms with Crippen molar-refractivity contribution in [2.45, 2.75) is 38.9 Å². The molecule has 0 aliphatic carbocycles. The first-order valence-corrected chi connectivity index (χ1v) is 10.1. The maximum atomic E-state index is 5.81. The maximum absolute atomic E-state index is 5.81. The van der Waals surface area contributed by atoms with Gasteiger partial charge in [-0.15, -0.1) is 0 Å². The zero-order valence-electron chi connectivity index (χ0n) is 10.7. The van der Waals surface area contributed by atoms with E-state index in [0.29, 0.717) is 0 Å². The van der Waals surface area contributed by atoms with Crippen molar-refractivity contribution in [3.8, 4) is 0 Å². The van der Waals surface area contributed by atoms with E-state index in [1.54, 1.807) is 0 Å². The molecule has 0 heterocycles. The number of hydrogen-bond acceptors (Lipinski definition) is 2. The van der Waals surface area contributed by atoms with Crippen molar-refractivity contribution in [3.63, 3.8) is 0 Å². The van der Waals surface area contributed by atoms with Gasteiger partial charge in [-0.2, -0.15) is 0 Å². The molecule has 92 valence electrons. The fraction of sp³-hybridized carbons (Fsp3) is 1.00. The molecule has 0 amide bonds. The van der Waals surface area contributed by atoms with Crippen molar-refractivity contribution in [2.24, 2.45) is 0 Å². The van der Waals surface area contributed by atoms with Gasteiger partial charge in [0.15, 0.2) is 8.32 Å². The molecule has 0 saturated carbocycles. The average Bonchev–Trinajstić information content (AvgIpc) is 2.14. The molecule has 2 nitrogen and oxygen atoms in total. The summed E-state index contributed by atoms with van der Waals surface area (Å²) in [6.45, 7) is 10.00. The highest BCUT2D eigenvalue weighted by molar-refractivity contribution is 9.09. The molecule has 0 fully saturated rings. The van der Waals surface area contributed by atoms with E-state index in [2.05, 4.69) is 47.9 Å². The molecule has 0 spiro atoms. The molecule has 0 aliphatic heterocycles. The maximum Gasteiger partial charge on any atom is 0.186 e. The van der Waals surface area contributed by atoms with Gasteiger partial charge in [-0.05, 0) is 59.0 Å². The van der Waals surface area contributed by atoms with Gasteiger partial charge in [-0.25, -0.2) is 0 Å². The molecule has 0 aliphatic rings.